The molecule has 0 aliphatic rings. The van der Waals surface area contributed by atoms with E-state index in [9.17, 15) is 9.59 Å². The van der Waals surface area contributed by atoms with Crippen LogP contribution >= 0.6 is 0 Å². The Labute approximate surface area is 112 Å². The molecule has 0 saturated heterocycles. The molecule has 0 fully saturated rings. The van der Waals surface area contributed by atoms with Crippen molar-refractivity contribution in [1.82, 2.24) is 5.32 Å². The van der Waals surface area contributed by atoms with Gasteiger partial charge in [0.15, 0.2) is 6.10 Å². The van der Waals surface area contributed by atoms with Gasteiger partial charge in [-0.15, -0.1) is 0 Å². The summed E-state index contributed by atoms with van der Waals surface area (Å²) in [6.45, 7) is 3.52. The molecule has 2 N–H and O–H groups in total. The highest BCUT2D eigenvalue weighted by molar-refractivity contribution is 5.81. The molecule has 1 aromatic carbocycles. The van der Waals surface area contributed by atoms with Crippen molar-refractivity contribution in [2.75, 3.05) is 6.54 Å². The van der Waals surface area contributed by atoms with E-state index >= 15 is 0 Å². The van der Waals surface area contributed by atoms with Crippen molar-refractivity contribution in [3.8, 4) is 5.75 Å². The van der Waals surface area contributed by atoms with Gasteiger partial charge in [0.25, 0.3) is 5.91 Å². The topological polar surface area (TPSA) is 75.6 Å². The fourth-order valence-electron chi connectivity index (χ4n) is 1.53. The van der Waals surface area contributed by atoms with Gasteiger partial charge in [0.2, 0.25) is 0 Å². The van der Waals surface area contributed by atoms with Gasteiger partial charge in [0.1, 0.15) is 5.75 Å². The van der Waals surface area contributed by atoms with E-state index in [4.69, 9.17) is 9.84 Å². The second-order valence-corrected chi connectivity index (χ2v) is 4.26. The van der Waals surface area contributed by atoms with Crippen LogP contribution in [0.2, 0.25) is 0 Å². The summed E-state index contributed by atoms with van der Waals surface area (Å²) in [5.41, 5.74) is 0. The van der Waals surface area contributed by atoms with Gasteiger partial charge in [-0.1, -0.05) is 25.1 Å². The minimum atomic E-state index is -0.903. The number of aliphatic carboxylic acids is 1. The Morgan fingerprint density at radius 3 is 2.47 bits per heavy atom. The molecule has 104 valence electrons. The number of amides is 1. The standard InChI is InChI=1S/C14H19NO4/c1-3-11(14(17)18)9-15-13(16)10(2)19-12-7-5-4-6-8-12/h4-8,10-11H,3,9H2,1-2H3,(H,15,16)(H,17,18). The molecule has 0 heterocycles. The lowest BCUT2D eigenvalue weighted by Crippen LogP contribution is -2.40. The molecule has 1 aromatic rings. The van der Waals surface area contributed by atoms with Crippen LogP contribution in [0.3, 0.4) is 0 Å². The second kappa shape index (κ2) is 7.41. The number of hydrogen-bond acceptors (Lipinski definition) is 3. The summed E-state index contributed by atoms with van der Waals surface area (Å²) in [5, 5.41) is 11.5. The third kappa shape index (κ3) is 4.99. The van der Waals surface area contributed by atoms with Crippen LogP contribution in [-0.4, -0.2) is 29.6 Å². The lowest BCUT2D eigenvalue weighted by Gasteiger charge is -2.16. The highest BCUT2D eigenvalue weighted by Crippen LogP contribution is 2.10. The Balaban J connectivity index is 2.43. The normalized spacial score (nSPS) is 13.4. The van der Waals surface area contributed by atoms with Crippen molar-refractivity contribution in [1.29, 1.82) is 0 Å². The second-order valence-electron chi connectivity index (χ2n) is 4.26. The molecule has 0 saturated carbocycles. The largest absolute Gasteiger partial charge is 0.481 e. The molecule has 0 aromatic heterocycles. The van der Waals surface area contributed by atoms with E-state index < -0.39 is 18.0 Å². The molecular formula is C14H19NO4. The minimum absolute atomic E-state index is 0.118. The molecule has 2 atom stereocenters. The van der Waals surface area contributed by atoms with Crippen molar-refractivity contribution >= 4 is 11.9 Å². The summed E-state index contributed by atoms with van der Waals surface area (Å²) >= 11 is 0. The summed E-state index contributed by atoms with van der Waals surface area (Å²) in [7, 11) is 0. The molecule has 1 amide bonds. The molecule has 1 rings (SSSR count). The zero-order chi connectivity index (χ0) is 14.3. The minimum Gasteiger partial charge on any atom is -0.481 e. The van der Waals surface area contributed by atoms with Crippen LogP contribution in [0.5, 0.6) is 5.75 Å². The van der Waals surface area contributed by atoms with Crippen LogP contribution in [0, 0.1) is 5.92 Å². The molecule has 0 aliphatic carbocycles. The number of benzene rings is 1. The predicted octanol–water partition coefficient (Wildman–Crippen LogP) is 1.68. The van der Waals surface area contributed by atoms with Crippen LogP contribution in [0.4, 0.5) is 0 Å². The van der Waals surface area contributed by atoms with Crippen LogP contribution < -0.4 is 10.1 Å². The van der Waals surface area contributed by atoms with E-state index in [-0.39, 0.29) is 12.5 Å². The van der Waals surface area contributed by atoms with Gasteiger partial charge in [-0.3, -0.25) is 9.59 Å². The van der Waals surface area contributed by atoms with Crippen molar-refractivity contribution < 1.29 is 19.4 Å². The van der Waals surface area contributed by atoms with Crippen molar-refractivity contribution in [3.63, 3.8) is 0 Å². The third-order valence-corrected chi connectivity index (χ3v) is 2.79. The summed E-state index contributed by atoms with van der Waals surface area (Å²) in [5.74, 6) is -1.17. The number of nitrogens with one attached hydrogen (secondary N) is 1. The van der Waals surface area contributed by atoms with Crippen molar-refractivity contribution in [2.45, 2.75) is 26.4 Å². The maximum absolute atomic E-state index is 11.8. The highest BCUT2D eigenvalue weighted by Gasteiger charge is 2.19. The summed E-state index contributed by atoms with van der Waals surface area (Å²) < 4.78 is 5.44. The zero-order valence-electron chi connectivity index (χ0n) is 11.1. The molecule has 0 bridgehead atoms. The zero-order valence-corrected chi connectivity index (χ0v) is 11.1. The molecule has 0 spiro atoms. The number of carboxylic acids is 1. The first-order valence-corrected chi connectivity index (χ1v) is 6.26. The summed E-state index contributed by atoms with van der Waals surface area (Å²) in [6.07, 6.45) is -0.183. The number of carboxylic acid groups (broad SMARTS) is 1. The smallest absolute Gasteiger partial charge is 0.308 e. The highest BCUT2D eigenvalue weighted by atomic mass is 16.5. The number of para-hydroxylation sites is 1. The van der Waals surface area contributed by atoms with Crippen molar-refractivity contribution in [3.05, 3.63) is 30.3 Å². The van der Waals surface area contributed by atoms with E-state index in [1.54, 1.807) is 26.0 Å². The molecule has 0 radical (unpaired) electrons. The van der Waals surface area contributed by atoms with Gasteiger partial charge in [0.05, 0.1) is 5.92 Å². The first-order chi connectivity index (χ1) is 9.04. The maximum atomic E-state index is 11.8. The Morgan fingerprint density at radius 1 is 1.32 bits per heavy atom. The van der Waals surface area contributed by atoms with Crippen LogP contribution in [0.15, 0.2) is 30.3 Å². The van der Waals surface area contributed by atoms with Gasteiger partial charge in [-0.25, -0.2) is 0 Å². The quantitative estimate of drug-likeness (QED) is 0.786. The first kappa shape index (κ1) is 15.0. The lowest BCUT2D eigenvalue weighted by atomic mass is 10.1. The lowest BCUT2D eigenvalue weighted by molar-refractivity contribution is -0.141. The van der Waals surface area contributed by atoms with Gasteiger partial charge in [-0.2, -0.15) is 0 Å². The molecule has 5 heteroatoms. The molecule has 5 nitrogen and oxygen atoms in total. The Kier molecular flexibility index (Phi) is 5.85. The first-order valence-electron chi connectivity index (χ1n) is 6.26. The van der Waals surface area contributed by atoms with E-state index in [0.717, 1.165) is 0 Å². The van der Waals surface area contributed by atoms with Gasteiger partial charge in [-0.05, 0) is 25.5 Å². The fourth-order valence-corrected chi connectivity index (χ4v) is 1.53. The van der Waals surface area contributed by atoms with Crippen LogP contribution in [-0.2, 0) is 9.59 Å². The van der Waals surface area contributed by atoms with Gasteiger partial charge in [0, 0.05) is 6.54 Å². The van der Waals surface area contributed by atoms with Gasteiger partial charge >= 0.3 is 5.97 Å². The number of carbonyl (C=O) groups is 2. The van der Waals surface area contributed by atoms with Crippen molar-refractivity contribution in [2.24, 2.45) is 5.92 Å². The van der Waals surface area contributed by atoms with E-state index in [1.165, 1.54) is 0 Å². The van der Waals surface area contributed by atoms with E-state index in [1.807, 2.05) is 18.2 Å². The van der Waals surface area contributed by atoms with Gasteiger partial charge < -0.3 is 15.2 Å². The monoisotopic (exact) mass is 265 g/mol. The Hall–Kier alpha value is -2.04. The third-order valence-electron chi connectivity index (χ3n) is 2.79. The van der Waals surface area contributed by atoms with E-state index in [2.05, 4.69) is 5.32 Å². The van der Waals surface area contributed by atoms with Crippen LogP contribution in [0.1, 0.15) is 20.3 Å². The average Bonchev–Trinajstić information content (AvgIpc) is 2.39. The fraction of sp³-hybridized carbons (Fsp3) is 0.429. The average molecular weight is 265 g/mol. The van der Waals surface area contributed by atoms with E-state index in [0.29, 0.717) is 12.2 Å². The molecule has 0 aliphatic heterocycles. The number of hydrogen-bond donors (Lipinski definition) is 2. The molecule has 19 heavy (non-hydrogen) atoms. The predicted molar refractivity (Wildman–Crippen MR) is 71.0 cm³/mol. The maximum Gasteiger partial charge on any atom is 0.308 e. The molecule has 2 unspecified atom stereocenters. The number of rotatable bonds is 7. The number of ether oxygens (including phenoxy) is 1. The van der Waals surface area contributed by atoms with Crippen LogP contribution in [0.25, 0.3) is 0 Å². The Bertz CT molecular complexity index is 419. The number of carbonyl (C=O) groups excluding carboxylic acids is 1. The Morgan fingerprint density at radius 2 is 1.95 bits per heavy atom. The summed E-state index contributed by atoms with van der Waals surface area (Å²) in [4.78, 5) is 22.6. The SMILES string of the molecule is CCC(CNC(=O)C(C)Oc1ccccc1)C(=O)O. The molecular weight excluding hydrogens is 246 g/mol. The summed E-state index contributed by atoms with van der Waals surface area (Å²) in [6, 6.07) is 9.01.